The average Bonchev–Trinajstić information content (AvgIpc) is 2.27. The largest absolute Gasteiger partial charge is 0.481 e. The Bertz CT molecular complexity index is 386. The first-order valence-electron chi connectivity index (χ1n) is 5.08. The van der Waals surface area contributed by atoms with E-state index in [1.54, 1.807) is 18.2 Å². The highest BCUT2D eigenvalue weighted by atomic mass is 16.4. The normalized spacial score (nSPS) is 11.0. The van der Waals surface area contributed by atoms with Crippen molar-refractivity contribution in [3.05, 3.63) is 35.4 Å². The van der Waals surface area contributed by atoms with Crippen LogP contribution in [-0.2, 0) is 4.79 Å². The summed E-state index contributed by atoms with van der Waals surface area (Å²) in [7, 11) is 0. The number of primary amides is 1. The van der Waals surface area contributed by atoms with Crippen molar-refractivity contribution < 1.29 is 19.8 Å². The van der Waals surface area contributed by atoms with Gasteiger partial charge in [0, 0.05) is 25.0 Å². The Labute approximate surface area is 99.9 Å². The molecule has 1 aromatic rings. The van der Waals surface area contributed by atoms with Crippen molar-refractivity contribution in [2.75, 3.05) is 6.61 Å². The number of amides is 1. The maximum Gasteiger partial charge on any atom is 0.300 e. The van der Waals surface area contributed by atoms with Crippen LogP contribution in [0, 0.1) is 0 Å². The van der Waals surface area contributed by atoms with Crippen LogP contribution in [0.25, 0.3) is 0 Å². The summed E-state index contributed by atoms with van der Waals surface area (Å²) in [6.45, 7) is 3.04. The van der Waals surface area contributed by atoms with Crippen LogP contribution in [0.4, 0.5) is 0 Å². The Hall–Kier alpha value is -1.88. The highest BCUT2D eigenvalue weighted by Crippen LogP contribution is 2.15. The first-order chi connectivity index (χ1) is 7.88. The van der Waals surface area contributed by atoms with Crippen LogP contribution >= 0.6 is 0 Å². The molecular formula is C12H17NO4. The van der Waals surface area contributed by atoms with Crippen LogP contribution in [0.3, 0.4) is 0 Å². The molecule has 0 saturated heterocycles. The Kier molecular flexibility index (Phi) is 6.58. The first-order valence-corrected chi connectivity index (χ1v) is 5.08. The SMILES string of the molecule is CC(=O)O.CC(CO)c1cccc(C(N)=O)c1. The zero-order valence-corrected chi connectivity index (χ0v) is 9.88. The maximum atomic E-state index is 10.8. The molecule has 94 valence electrons. The fourth-order valence-electron chi connectivity index (χ4n) is 1.10. The summed E-state index contributed by atoms with van der Waals surface area (Å²) >= 11 is 0. The average molecular weight is 239 g/mol. The standard InChI is InChI=1S/C10H13NO2.C2H4O2/c1-7(6-12)8-3-2-4-9(5-8)10(11)13;1-2(3)4/h2-5,7,12H,6H2,1H3,(H2,11,13);1H3,(H,3,4). The van der Waals surface area contributed by atoms with E-state index in [1.165, 1.54) is 0 Å². The summed E-state index contributed by atoms with van der Waals surface area (Å²) in [5.74, 6) is -1.23. The number of hydrogen-bond acceptors (Lipinski definition) is 3. The zero-order chi connectivity index (χ0) is 13.4. The third-order valence-electron chi connectivity index (χ3n) is 2.01. The number of hydrogen-bond donors (Lipinski definition) is 3. The minimum atomic E-state index is -0.833. The molecule has 4 N–H and O–H groups in total. The van der Waals surface area contributed by atoms with E-state index in [-0.39, 0.29) is 12.5 Å². The van der Waals surface area contributed by atoms with Gasteiger partial charge in [0.2, 0.25) is 5.91 Å². The van der Waals surface area contributed by atoms with Crippen LogP contribution in [0.1, 0.15) is 35.7 Å². The second-order valence-electron chi connectivity index (χ2n) is 3.59. The second kappa shape index (κ2) is 7.40. The lowest BCUT2D eigenvalue weighted by Gasteiger charge is -2.08. The molecule has 1 amide bonds. The molecule has 0 aliphatic rings. The number of carboxylic acid groups (broad SMARTS) is 1. The number of rotatable bonds is 3. The van der Waals surface area contributed by atoms with E-state index in [1.807, 2.05) is 13.0 Å². The monoisotopic (exact) mass is 239 g/mol. The third kappa shape index (κ3) is 6.32. The van der Waals surface area contributed by atoms with E-state index in [0.29, 0.717) is 5.56 Å². The van der Waals surface area contributed by atoms with E-state index < -0.39 is 11.9 Å². The summed E-state index contributed by atoms with van der Waals surface area (Å²) in [5.41, 5.74) is 6.54. The number of carbonyl (C=O) groups is 2. The van der Waals surface area contributed by atoms with Crippen molar-refractivity contribution in [3.63, 3.8) is 0 Å². The van der Waals surface area contributed by atoms with Crippen LogP contribution in [0.15, 0.2) is 24.3 Å². The van der Waals surface area contributed by atoms with Crippen molar-refractivity contribution in [1.82, 2.24) is 0 Å². The molecule has 0 heterocycles. The van der Waals surface area contributed by atoms with E-state index in [9.17, 15) is 4.79 Å². The van der Waals surface area contributed by atoms with Crippen LogP contribution in [-0.4, -0.2) is 28.7 Å². The summed E-state index contributed by atoms with van der Waals surface area (Å²) < 4.78 is 0. The number of carbonyl (C=O) groups excluding carboxylic acids is 1. The Morgan fingerprint density at radius 3 is 2.35 bits per heavy atom. The highest BCUT2D eigenvalue weighted by molar-refractivity contribution is 5.92. The molecule has 1 unspecified atom stereocenters. The molecule has 17 heavy (non-hydrogen) atoms. The first kappa shape index (κ1) is 15.1. The van der Waals surface area contributed by atoms with Gasteiger partial charge in [0.15, 0.2) is 0 Å². The van der Waals surface area contributed by atoms with Crippen LogP contribution in [0.2, 0.25) is 0 Å². The van der Waals surface area contributed by atoms with Crippen LogP contribution in [0.5, 0.6) is 0 Å². The lowest BCUT2D eigenvalue weighted by atomic mass is 10.00. The minimum absolute atomic E-state index is 0.0410. The Morgan fingerprint density at radius 2 is 1.94 bits per heavy atom. The maximum absolute atomic E-state index is 10.8. The van der Waals surface area contributed by atoms with E-state index in [4.69, 9.17) is 20.7 Å². The lowest BCUT2D eigenvalue weighted by molar-refractivity contribution is -0.134. The summed E-state index contributed by atoms with van der Waals surface area (Å²) in [4.78, 5) is 19.8. The predicted molar refractivity (Wildman–Crippen MR) is 63.8 cm³/mol. The Morgan fingerprint density at radius 1 is 1.41 bits per heavy atom. The fraction of sp³-hybridized carbons (Fsp3) is 0.333. The molecule has 5 nitrogen and oxygen atoms in total. The van der Waals surface area contributed by atoms with Crippen LogP contribution < -0.4 is 5.73 Å². The molecule has 1 aromatic carbocycles. The lowest BCUT2D eigenvalue weighted by Crippen LogP contribution is -2.11. The fourth-order valence-corrected chi connectivity index (χ4v) is 1.10. The number of aliphatic carboxylic acids is 1. The molecule has 5 heteroatoms. The van der Waals surface area contributed by atoms with Gasteiger partial charge in [0.05, 0.1) is 0 Å². The molecular weight excluding hydrogens is 222 g/mol. The van der Waals surface area contributed by atoms with Gasteiger partial charge in [-0.25, -0.2) is 0 Å². The van der Waals surface area contributed by atoms with Crippen molar-refractivity contribution >= 4 is 11.9 Å². The minimum Gasteiger partial charge on any atom is -0.481 e. The van der Waals surface area contributed by atoms with Gasteiger partial charge in [-0.05, 0) is 17.7 Å². The van der Waals surface area contributed by atoms with E-state index in [0.717, 1.165) is 12.5 Å². The van der Waals surface area contributed by atoms with Gasteiger partial charge in [0.1, 0.15) is 0 Å². The smallest absolute Gasteiger partial charge is 0.300 e. The van der Waals surface area contributed by atoms with Gasteiger partial charge in [0.25, 0.3) is 5.97 Å². The van der Waals surface area contributed by atoms with Gasteiger partial charge in [-0.3, -0.25) is 9.59 Å². The molecule has 0 aliphatic carbocycles. The topological polar surface area (TPSA) is 101 Å². The third-order valence-corrected chi connectivity index (χ3v) is 2.01. The van der Waals surface area contributed by atoms with Crippen molar-refractivity contribution in [1.29, 1.82) is 0 Å². The van der Waals surface area contributed by atoms with Gasteiger partial charge >= 0.3 is 0 Å². The van der Waals surface area contributed by atoms with Crippen molar-refractivity contribution in [2.45, 2.75) is 19.8 Å². The van der Waals surface area contributed by atoms with Gasteiger partial charge in [-0.2, -0.15) is 0 Å². The molecule has 0 fully saturated rings. The Balaban J connectivity index is 0.000000557. The molecule has 1 rings (SSSR count). The molecule has 1 atom stereocenters. The number of nitrogens with two attached hydrogens (primary N) is 1. The van der Waals surface area contributed by atoms with Gasteiger partial charge in [-0.15, -0.1) is 0 Å². The number of benzene rings is 1. The van der Waals surface area contributed by atoms with Crippen molar-refractivity contribution in [2.24, 2.45) is 5.73 Å². The molecule has 0 spiro atoms. The predicted octanol–water partition coefficient (Wildman–Crippen LogP) is 0.972. The number of carboxylic acids is 1. The molecule has 0 aliphatic heterocycles. The summed E-state index contributed by atoms with van der Waals surface area (Å²) in [5, 5.41) is 16.3. The van der Waals surface area contributed by atoms with E-state index in [2.05, 4.69) is 0 Å². The molecule has 0 bridgehead atoms. The number of aliphatic hydroxyl groups is 1. The summed E-state index contributed by atoms with van der Waals surface area (Å²) in [6.07, 6.45) is 0. The highest BCUT2D eigenvalue weighted by Gasteiger charge is 2.06. The van der Waals surface area contributed by atoms with Gasteiger partial charge in [-0.1, -0.05) is 19.1 Å². The zero-order valence-electron chi connectivity index (χ0n) is 9.88. The van der Waals surface area contributed by atoms with E-state index >= 15 is 0 Å². The molecule has 0 saturated carbocycles. The number of aliphatic hydroxyl groups excluding tert-OH is 1. The van der Waals surface area contributed by atoms with Gasteiger partial charge < -0.3 is 15.9 Å². The van der Waals surface area contributed by atoms with Crippen molar-refractivity contribution in [3.8, 4) is 0 Å². The molecule has 0 radical (unpaired) electrons. The quantitative estimate of drug-likeness (QED) is 0.731. The molecule has 0 aromatic heterocycles. The summed E-state index contributed by atoms with van der Waals surface area (Å²) in [6, 6.07) is 7.01. The second-order valence-corrected chi connectivity index (χ2v) is 3.59.